The number of sulfone groups is 1. The Labute approximate surface area is 89.2 Å². The molecule has 2 heterocycles. The van der Waals surface area contributed by atoms with Crippen LogP contribution in [0.25, 0.3) is 0 Å². The van der Waals surface area contributed by atoms with Crippen molar-refractivity contribution < 1.29 is 8.42 Å². The van der Waals surface area contributed by atoms with Crippen LogP contribution in [0.15, 0.2) is 6.20 Å². The Morgan fingerprint density at radius 1 is 1.47 bits per heavy atom. The molecule has 2 N–H and O–H groups in total. The van der Waals surface area contributed by atoms with Gasteiger partial charge < -0.3 is 5.73 Å². The second-order valence-corrected chi connectivity index (χ2v) is 6.34. The number of anilines is 1. The van der Waals surface area contributed by atoms with Gasteiger partial charge in [0, 0.05) is 5.56 Å². The van der Waals surface area contributed by atoms with Crippen molar-refractivity contribution in [3.8, 4) is 0 Å². The minimum atomic E-state index is -2.81. The van der Waals surface area contributed by atoms with Crippen molar-refractivity contribution in [2.75, 3.05) is 17.2 Å². The maximum Gasteiger partial charge on any atom is 0.150 e. The highest BCUT2D eigenvalue weighted by Gasteiger charge is 2.26. The Bertz CT molecular complexity index is 450. The smallest absolute Gasteiger partial charge is 0.150 e. The van der Waals surface area contributed by atoms with Gasteiger partial charge in [-0.25, -0.2) is 13.1 Å². The molecule has 1 fully saturated rings. The molecule has 2 rings (SSSR count). The third-order valence-corrected chi connectivity index (χ3v) is 4.61. The van der Waals surface area contributed by atoms with Gasteiger partial charge in [-0.05, 0) is 19.8 Å². The molecule has 0 aromatic carbocycles. The summed E-state index contributed by atoms with van der Waals surface area (Å²) in [4.78, 5) is 0. The van der Waals surface area contributed by atoms with E-state index in [0.29, 0.717) is 18.7 Å². The molecule has 0 spiro atoms. The molecule has 84 valence electrons. The van der Waals surface area contributed by atoms with E-state index in [1.54, 1.807) is 10.9 Å². The van der Waals surface area contributed by atoms with Gasteiger partial charge in [0.1, 0.15) is 15.7 Å². The van der Waals surface area contributed by atoms with Gasteiger partial charge in [-0.15, -0.1) is 0 Å². The summed E-state index contributed by atoms with van der Waals surface area (Å²) in [5, 5.41) is 4.18. The van der Waals surface area contributed by atoms with Crippen LogP contribution in [0.4, 0.5) is 5.82 Å². The van der Waals surface area contributed by atoms with Crippen LogP contribution in [0.1, 0.15) is 24.4 Å². The number of nitrogen functional groups attached to an aromatic ring is 1. The van der Waals surface area contributed by atoms with Crippen molar-refractivity contribution in [2.24, 2.45) is 0 Å². The van der Waals surface area contributed by atoms with Gasteiger partial charge in [-0.3, -0.25) is 0 Å². The number of nitrogens with zero attached hydrogens (tertiary/aromatic N) is 2. The molecule has 0 radical (unpaired) electrons. The van der Waals surface area contributed by atoms with E-state index in [4.69, 9.17) is 5.73 Å². The Hall–Kier alpha value is -1.04. The molecule has 5 nitrogen and oxygen atoms in total. The largest absolute Gasteiger partial charge is 0.384 e. The van der Waals surface area contributed by atoms with E-state index in [9.17, 15) is 8.42 Å². The number of rotatable bonds is 1. The number of hydrogen-bond donors (Lipinski definition) is 1. The molecule has 1 saturated heterocycles. The third kappa shape index (κ3) is 1.99. The Balaban J connectivity index is 2.18. The lowest BCUT2D eigenvalue weighted by molar-refractivity contribution is 0.418. The summed E-state index contributed by atoms with van der Waals surface area (Å²) >= 11 is 0. The Kier molecular flexibility index (Phi) is 2.46. The molecule has 0 aliphatic carbocycles. The van der Waals surface area contributed by atoms with Crippen molar-refractivity contribution in [3.63, 3.8) is 0 Å². The summed E-state index contributed by atoms with van der Waals surface area (Å²) in [6.45, 7) is 1.90. The Morgan fingerprint density at radius 3 is 2.53 bits per heavy atom. The summed E-state index contributed by atoms with van der Waals surface area (Å²) in [6.07, 6.45) is 2.96. The minimum Gasteiger partial charge on any atom is -0.384 e. The molecular formula is C9H15N3O2S. The lowest BCUT2D eigenvalue weighted by Gasteiger charge is -2.23. The van der Waals surface area contributed by atoms with E-state index in [2.05, 4.69) is 5.10 Å². The van der Waals surface area contributed by atoms with Crippen molar-refractivity contribution in [2.45, 2.75) is 25.8 Å². The van der Waals surface area contributed by atoms with E-state index in [-0.39, 0.29) is 17.5 Å². The van der Waals surface area contributed by atoms with Crippen LogP contribution in [0.5, 0.6) is 0 Å². The van der Waals surface area contributed by atoms with Gasteiger partial charge in [0.25, 0.3) is 0 Å². The molecule has 0 saturated carbocycles. The number of hydrogen-bond acceptors (Lipinski definition) is 4. The molecule has 1 aromatic heterocycles. The molecule has 0 atom stereocenters. The standard InChI is InChI=1S/C9H15N3O2S/c1-7-6-11-12(9(7)10)8-2-4-15(13,14)5-3-8/h6,8H,2-5,10H2,1H3. The topological polar surface area (TPSA) is 78.0 Å². The second kappa shape index (κ2) is 3.52. The monoisotopic (exact) mass is 229 g/mol. The first-order valence-electron chi connectivity index (χ1n) is 4.99. The third-order valence-electron chi connectivity index (χ3n) is 2.90. The molecule has 6 heteroatoms. The Morgan fingerprint density at radius 2 is 2.07 bits per heavy atom. The average molecular weight is 229 g/mol. The predicted molar refractivity (Wildman–Crippen MR) is 58.3 cm³/mol. The molecule has 1 aliphatic rings. The summed E-state index contributed by atoms with van der Waals surface area (Å²) in [7, 11) is -2.81. The van der Waals surface area contributed by atoms with Crippen molar-refractivity contribution >= 4 is 15.7 Å². The van der Waals surface area contributed by atoms with Crippen LogP contribution in [0.2, 0.25) is 0 Å². The fraction of sp³-hybridized carbons (Fsp3) is 0.667. The minimum absolute atomic E-state index is 0.141. The van der Waals surface area contributed by atoms with Crippen LogP contribution in [0, 0.1) is 6.92 Å². The number of aromatic nitrogens is 2. The fourth-order valence-corrected chi connectivity index (χ4v) is 3.34. The quantitative estimate of drug-likeness (QED) is 0.761. The van der Waals surface area contributed by atoms with Crippen LogP contribution in [0.3, 0.4) is 0 Å². The van der Waals surface area contributed by atoms with E-state index in [0.717, 1.165) is 5.56 Å². The van der Waals surface area contributed by atoms with Crippen LogP contribution in [-0.2, 0) is 9.84 Å². The molecule has 15 heavy (non-hydrogen) atoms. The highest BCUT2D eigenvalue weighted by Crippen LogP contribution is 2.26. The first kappa shape index (κ1) is 10.5. The maximum atomic E-state index is 11.3. The first-order valence-corrected chi connectivity index (χ1v) is 6.82. The number of nitrogens with two attached hydrogens (primary N) is 1. The molecule has 0 bridgehead atoms. The first-order chi connectivity index (χ1) is 6.99. The molecule has 0 unspecified atom stereocenters. The maximum absolute atomic E-state index is 11.3. The second-order valence-electron chi connectivity index (χ2n) is 4.04. The molecular weight excluding hydrogens is 214 g/mol. The highest BCUT2D eigenvalue weighted by atomic mass is 32.2. The summed E-state index contributed by atoms with van der Waals surface area (Å²) in [5.74, 6) is 1.14. The normalized spacial score (nSPS) is 21.7. The van der Waals surface area contributed by atoms with Crippen molar-refractivity contribution in [3.05, 3.63) is 11.8 Å². The van der Waals surface area contributed by atoms with Crippen molar-refractivity contribution in [1.29, 1.82) is 0 Å². The van der Waals surface area contributed by atoms with E-state index in [1.165, 1.54) is 0 Å². The van der Waals surface area contributed by atoms with Gasteiger partial charge in [-0.1, -0.05) is 0 Å². The van der Waals surface area contributed by atoms with Crippen LogP contribution in [-0.4, -0.2) is 29.7 Å². The summed E-state index contributed by atoms with van der Waals surface area (Å²) < 4.78 is 24.3. The van der Waals surface area contributed by atoms with Gasteiger partial charge >= 0.3 is 0 Å². The number of aryl methyl sites for hydroxylation is 1. The highest BCUT2D eigenvalue weighted by molar-refractivity contribution is 7.91. The van der Waals surface area contributed by atoms with E-state index in [1.807, 2.05) is 6.92 Å². The zero-order valence-corrected chi connectivity index (χ0v) is 9.50. The van der Waals surface area contributed by atoms with Gasteiger partial charge in [0.15, 0.2) is 0 Å². The lowest BCUT2D eigenvalue weighted by atomic mass is 10.1. The summed E-state index contributed by atoms with van der Waals surface area (Å²) in [5.41, 5.74) is 6.80. The van der Waals surface area contributed by atoms with Gasteiger partial charge in [-0.2, -0.15) is 5.10 Å². The summed E-state index contributed by atoms with van der Waals surface area (Å²) in [6, 6.07) is 0.141. The average Bonchev–Trinajstić information content (AvgIpc) is 2.49. The van der Waals surface area contributed by atoms with Gasteiger partial charge in [0.05, 0.1) is 23.7 Å². The SMILES string of the molecule is Cc1cnn(C2CCS(=O)(=O)CC2)c1N. The molecule has 0 amide bonds. The van der Waals surface area contributed by atoms with Crippen molar-refractivity contribution in [1.82, 2.24) is 9.78 Å². The predicted octanol–water partition coefficient (Wildman–Crippen LogP) is 0.523. The zero-order valence-electron chi connectivity index (χ0n) is 8.68. The molecule has 1 aliphatic heterocycles. The van der Waals surface area contributed by atoms with E-state index >= 15 is 0 Å². The fourth-order valence-electron chi connectivity index (χ4n) is 1.87. The zero-order chi connectivity index (χ0) is 11.1. The van der Waals surface area contributed by atoms with Crippen LogP contribution < -0.4 is 5.73 Å². The van der Waals surface area contributed by atoms with Crippen LogP contribution >= 0.6 is 0 Å². The van der Waals surface area contributed by atoms with E-state index < -0.39 is 9.84 Å². The lowest BCUT2D eigenvalue weighted by Crippen LogP contribution is -2.26. The molecule has 1 aromatic rings. The van der Waals surface area contributed by atoms with Gasteiger partial charge in [0.2, 0.25) is 0 Å².